The van der Waals surface area contributed by atoms with Gasteiger partial charge in [0, 0.05) is 43.6 Å². The van der Waals surface area contributed by atoms with E-state index in [4.69, 9.17) is 4.74 Å². The average molecular weight is 401 g/mol. The quantitative estimate of drug-likeness (QED) is 0.657. The fourth-order valence-corrected chi connectivity index (χ4v) is 4.11. The minimum Gasteiger partial charge on any atom is -0.444 e. The minimum atomic E-state index is -0.486. The van der Waals surface area contributed by atoms with Crippen LogP contribution in [-0.4, -0.2) is 61.9 Å². The van der Waals surface area contributed by atoms with Gasteiger partial charge in [0.05, 0.1) is 11.9 Å². The molecule has 4 rings (SSSR count). The average Bonchev–Trinajstić information content (AvgIpc) is 3.20. The molecule has 28 heavy (non-hydrogen) atoms. The molecule has 3 aromatic rings. The lowest BCUT2D eigenvalue weighted by Gasteiger charge is -2.39. The van der Waals surface area contributed by atoms with Crippen LogP contribution in [0.15, 0.2) is 30.7 Å². The third kappa shape index (κ3) is 3.80. The Balaban J connectivity index is 1.46. The van der Waals surface area contributed by atoms with Crippen molar-refractivity contribution in [3.8, 4) is 11.3 Å². The molecule has 1 saturated heterocycles. The Kier molecular flexibility index (Phi) is 4.70. The van der Waals surface area contributed by atoms with E-state index in [1.165, 1.54) is 0 Å². The van der Waals surface area contributed by atoms with Crippen molar-refractivity contribution >= 4 is 27.5 Å². The van der Waals surface area contributed by atoms with Crippen LogP contribution in [0.2, 0.25) is 0 Å². The van der Waals surface area contributed by atoms with Gasteiger partial charge in [-0.3, -0.25) is 4.98 Å². The number of hydrogen-bond donors (Lipinski definition) is 0. The van der Waals surface area contributed by atoms with Crippen LogP contribution in [0.1, 0.15) is 27.7 Å². The van der Waals surface area contributed by atoms with Crippen molar-refractivity contribution in [1.29, 1.82) is 0 Å². The normalized spacial score (nSPS) is 17.9. The molecule has 1 amide bonds. The first-order valence-electron chi connectivity index (χ1n) is 9.31. The number of piperazine rings is 1. The fourth-order valence-electron chi connectivity index (χ4n) is 3.19. The summed E-state index contributed by atoms with van der Waals surface area (Å²) in [5, 5.41) is 5.60. The second kappa shape index (κ2) is 7.05. The van der Waals surface area contributed by atoms with Gasteiger partial charge in [-0.05, 0) is 39.8 Å². The van der Waals surface area contributed by atoms with E-state index in [0.29, 0.717) is 13.1 Å². The summed E-state index contributed by atoms with van der Waals surface area (Å²) in [7, 11) is 0. The van der Waals surface area contributed by atoms with E-state index >= 15 is 0 Å². The highest BCUT2D eigenvalue weighted by Crippen LogP contribution is 2.28. The van der Waals surface area contributed by atoms with Crippen LogP contribution in [-0.2, 0) is 4.74 Å². The lowest BCUT2D eigenvalue weighted by Crippen LogP contribution is -2.55. The standard InChI is InChI=1S/C19H24N6O2S/c1-13-11-23(8-9-24(13)18(26)27-19(2,3)4)17-22-25-12-15(21-16(25)28-17)14-6-5-7-20-10-14/h5-7,10,12-13H,8-9,11H2,1-4H3/t13-/m1/s1. The lowest BCUT2D eigenvalue weighted by molar-refractivity contribution is 0.0159. The minimum absolute atomic E-state index is 0.0470. The smallest absolute Gasteiger partial charge is 0.410 e. The van der Waals surface area contributed by atoms with E-state index in [2.05, 4.69) is 20.0 Å². The molecule has 1 aliphatic rings. The Bertz CT molecular complexity index is 946. The van der Waals surface area contributed by atoms with Crippen molar-refractivity contribution in [2.24, 2.45) is 0 Å². The van der Waals surface area contributed by atoms with Crippen LogP contribution in [0.4, 0.5) is 9.93 Å². The summed E-state index contributed by atoms with van der Waals surface area (Å²) in [6, 6.07) is 3.93. The number of carbonyl (C=O) groups excluding carboxylic acids is 1. The van der Waals surface area contributed by atoms with Crippen LogP contribution >= 0.6 is 11.3 Å². The molecule has 4 heterocycles. The molecule has 1 fully saturated rings. The van der Waals surface area contributed by atoms with Crippen molar-refractivity contribution in [1.82, 2.24) is 24.5 Å². The summed E-state index contributed by atoms with van der Waals surface area (Å²) >= 11 is 1.55. The number of nitrogens with zero attached hydrogens (tertiary/aromatic N) is 6. The monoisotopic (exact) mass is 400 g/mol. The SMILES string of the molecule is C[C@@H]1CN(c2nn3cc(-c4cccnc4)nc3s2)CCN1C(=O)OC(C)(C)C. The highest BCUT2D eigenvalue weighted by atomic mass is 32.1. The molecule has 0 saturated carbocycles. The Labute approximate surface area is 167 Å². The molecule has 0 unspecified atom stereocenters. The number of pyridine rings is 1. The van der Waals surface area contributed by atoms with E-state index in [0.717, 1.165) is 27.9 Å². The Morgan fingerprint density at radius 2 is 2.14 bits per heavy atom. The zero-order valence-electron chi connectivity index (χ0n) is 16.5. The van der Waals surface area contributed by atoms with Crippen LogP contribution in [0.5, 0.6) is 0 Å². The van der Waals surface area contributed by atoms with E-state index in [1.807, 2.05) is 50.5 Å². The van der Waals surface area contributed by atoms with E-state index in [1.54, 1.807) is 28.6 Å². The van der Waals surface area contributed by atoms with Gasteiger partial charge in [-0.15, -0.1) is 5.10 Å². The molecule has 3 aromatic heterocycles. The molecular weight excluding hydrogens is 376 g/mol. The Hall–Kier alpha value is -2.68. The number of carbonyl (C=O) groups is 1. The largest absolute Gasteiger partial charge is 0.444 e. The van der Waals surface area contributed by atoms with Crippen molar-refractivity contribution in [3.05, 3.63) is 30.7 Å². The molecular formula is C19H24N6O2S. The summed E-state index contributed by atoms with van der Waals surface area (Å²) in [4.78, 5) is 26.0. The van der Waals surface area contributed by atoms with Gasteiger partial charge >= 0.3 is 6.09 Å². The van der Waals surface area contributed by atoms with Gasteiger partial charge in [-0.2, -0.15) is 0 Å². The molecule has 0 aromatic carbocycles. The fraction of sp³-hybridized carbons (Fsp3) is 0.474. The van der Waals surface area contributed by atoms with Gasteiger partial charge < -0.3 is 14.5 Å². The maximum atomic E-state index is 12.4. The van der Waals surface area contributed by atoms with Gasteiger partial charge in [0.2, 0.25) is 10.1 Å². The molecule has 0 spiro atoms. The summed E-state index contributed by atoms with van der Waals surface area (Å²) in [5.41, 5.74) is 1.35. The molecule has 1 aliphatic heterocycles. The third-order valence-corrected chi connectivity index (χ3v) is 5.50. The number of ether oxygens (including phenoxy) is 1. The molecule has 0 radical (unpaired) electrons. The number of rotatable bonds is 2. The molecule has 9 heteroatoms. The number of amides is 1. The maximum Gasteiger partial charge on any atom is 0.410 e. The third-order valence-electron chi connectivity index (χ3n) is 4.52. The molecule has 0 aliphatic carbocycles. The van der Waals surface area contributed by atoms with Gasteiger partial charge in [0.25, 0.3) is 0 Å². The number of aromatic nitrogens is 4. The predicted octanol–water partition coefficient (Wildman–Crippen LogP) is 3.30. The first kappa shape index (κ1) is 18.7. The van der Waals surface area contributed by atoms with E-state index in [9.17, 15) is 4.79 Å². The molecule has 1 atom stereocenters. The molecule has 0 bridgehead atoms. The first-order chi connectivity index (χ1) is 13.3. The zero-order valence-corrected chi connectivity index (χ0v) is 17.3. The van der Waals surface area contributed by atoms with Gasteiger partial charge in [-0.1, -0.05) is 11.3 Å². The van der Waals surface area contributed by atoms with Crippen LogP contribution in [0.3, 0.4) is 0 Å². The Morgan fingerprint density at radius 1 is 1.32 bits per heavy atom. The first-order valence-corrected chi connectivity index (χ1v) is 10.1. The summed E-state index contributed by atoms with van der Waals surface area (Å²) in [6.45, 7) is 9.74. The summed E-state index contributed by atoms with van der Waals surface area (Å²) < 4.78 is 7.33. The van der Waals surface area contributed by atoms with Crippen molar-refractivity contribution in [2.45, 2.75) is 39.3 Å². The zero-order chi connectivity index (χ0) is 19.9. The molecule has 8 nitrogen and oxygen atoms in total. The maximum absolute atomic E-state index is 12.4. The number of hydrogen-bond acceptors (Lipinski definition) is 7. The predicted molar refractivity (Wildman–Crippen MR) is 109 cm³/mol. The molecule has 0 N–H and O–H groups in total. The van der Waals surface area contributed by atoms with Gasteiger partial charge in [-0.25, -0.2) is 14.3 Å². The highest BCUT2D eigenvalue weighted by Gasteiger charge is 2.32. The van der Waals surface area contributed by atoms with Crippen LogP contribution in [0, 0.1) is 0 Å². The summed E-state index contributed by atoms with van der Waals surface area (Å²) in [6.07, 6.45) is 5.21. The van der Waals surface area contributed by atoms with Gasteiger partial charge in [0.15, 0.2) is 0 Å². The second-order valence-corrected chi connectivity index (χ2v) is 8.88. The highest BCUT2D eigenvalue weighted by molar-refractivity contribution is 7.20. The number of fused-ring (bicyclic) bond motifs is 1. The lowest BCUT2D eigenvalue weighted by atomic mass is 10.2. The molecule has 148 valence electrons. The summed E-state index contributed by atoms with van der Waals surface area (Å²) in [5.74, 6) is 0. The van der Waals surface area contributed by atoms with Crippen LogP contribution in [0.25, 0.3) is 16.2 Å². The second-order valence-electron chi connectivity index (χ2n) is 7.95. The van der Waals surface area contributed by atoms with Crippen molar-refractivity contribution < 1.29 is 9.53 Å². The van der Waals surface area contributed by atoms with E-state index < -0.39 is 5.60 Å². The van der Waals surface area contributed by atoms with Crippen LogP contribution < -0.4 is 4.90 Å². The van der Waals surface area contributed by atoms with Crippen molar-refractivity contribution in [2.75, 3.05) is 24.5 Å². The Morgan fingerprint density at radius 3 is 2.79 bits per heavy atom. The topological polar surface area (TPSA) is 75.9 Å². The number of imidazole rings is 1. The van der Waals surface area contributed by atoms with E-state index in [-0.39, 0.29) is 12.1 Å². The number of anilines is 1. The van der Waals surface area contributed by atoms with Gasteiger partial charge in [0.1, 0.15) is 5.60 Å². The van der Waals surface area contributed by atoms with Crippen molar-refractivity contribution in [3.63, 3.8) is 0 Å².